The molecule has 1 aromatic rings. The van der Waals surface area contributed by atoms with E-state index in [1.54, 1.807) is 0 Å². The highest BCUT2D eigenvalue weighted by atomic mass is 35.5. The van der Waals surface area contributed by atoms with Crippen molar-refractivity contribution in [3.8, 4) is 11.8 Å². The zero-order valence-corrected chi connectivity index (χ0v) is 13.7. The van der Waals surface area contributed by atoms with Gasteiger partial charge in [0.15, 0.2) is 0 Å². The first-order chi connectivity index (χ1) is 9.54. The summed E-state index contributed by atoms with van der Waals surface area (Å²) in [6.07, 6.45) is -4.13. The van der Waals surface area contributed by atoms with Gasteiger partial charge < -0.3 is 0 Å². The summed E-state index contributed by atoms with van der Waals surface area (Å²) >= 11 is 7.68. The zero-order valence-electron chi connectivity index (χ0n) is 12.1. The van der Waals surface area contributed by atoms with Crippen LogP contribution in [0.5, 0.6) is 0 Å². The summed E-state index contributed by atoms with van der Waals surface area (Å²) in [4.78, 5) is 2.51. The molecule has 1 nitrogen and oxygen atoms in total. The van der Waals surface area contributed by atoms with Gasteiger partial charge in [0.25, 0.3) is 0 Å². The molecule has 2 heterocycles. The van der Waals surface area contributed by atoms with Crippen LogP contribution in [0.15, 0.2) is 6.07 Å². The minimum absolute atomic E-state index is 0.00130. The van der Waals surface area contributed by atoms with Gasteiger partial charge in [0.1, 0.15) is 4.34 Å². The summed E-state index contributed by atoms with van der Waals surface area (Å²) < 4.78 is 37.2. The van der Waals surface area contributed by atoms with Crippen LogP contribution in [0, 0.1) is 17.8 Å². The van der Waals surface area contributed by atoms with Crippen molar-refractivity contribution in [1.29, 1.82) is 0 Å². The molecule has 116 valence electrons. The molecule has 0 amide bonds. The second kappa shape index (κ2) is 5.83. The quantitative estimate of drug-likeness (QED) is 0.681. The van der Waals surface area contributed by atoms with E-state index in [9.17, 15) is 13.2 Å². The molecule has 0 atom stereocenters. The molecule has 0 unspecified atom stereocenters. The topological polar surface area (TPSA) is 3.24 Å². The van der Waals surface area contributed by atoms with Gasteiger partial charge in [0, 0.05) is 23.9 Å². The van der Waals surface area contributed by atoms with Gasteiger partial charge >= 0.3 is 6.18 Å². The van der Waals surface area contributed by atoms with Crippen LogP contribution >= 0.6 is 22.9 Å². The lowest BCUT2D eigenvalue weighted by molar-refractivity contribution is -0.156. The first-order valence-corrected chi connectivity index (χ1v) is 7.84. The van der Waals surface area contributed by atoms with Crippen LogP contribution < -0.4 is 0 Å². The highest BCUT2D eigenvalue weighted by molar-refractivity contribution is 7.16. The third-order valence-corrected chi connectivity index (χ3v) is 4.98. The van der Waals surface area contributed by atoms with Crippen molar-refractivity contribution in [2.45, 2.75) is 32.4 Å². The molecule has 0 aliphatic carbocycles. The Balaban J connectivity index is 1.95. The third kappa shape index (κ3) is 4.64. The number of rotatable bonds is 1. The molecule has 1 fully saturated rings. The predicted octanol–water partition coefficient (Wildman–Crippen LogP) is 4.54. The lowest BCUT2D eigenvalue weighted by Crippen LogP contribution is -2.49. The minimum Gasteiger partial charge on any atom is -0.292 e. The van der Waals surface area contributed by atoms with Crippen molar-refractivity contribution in [3.63, 3.8) is 0 Å². The van der Waals surface area contributed by atoms with Gasteiger partial charge in [0.05, 0.1) is 12.1 Å². The van der Waals surface area contributed by atoms with Crippen molar-refractivity contribution >= 4 is 22.9 Å². The summed E-state index contributed by atoms with van der Waals surface area (Å²) in [6, 6.07) is 1.98. The molecule has 6 heteroatoms. The Labute approximate surface area is 132 Å². The molecular formula is C15H17ClF3NS. The lowest BCUT2D eigenvalue weighted by Gasteiger charge is -2.36. The normalized spacial score (nSPS) is 17.3. The number of likely N-dealkylation sites (tertiary alicyclic amines) is 1. The minimum atomic E-state index is -4.13. The Hall–Kier alpha value is -0.700. The average molecular weight is 336 g/mol. The first kappa shape index (κ1) is 16.7. The van der Waals surface area contributed by atoms with E-state index < -0.39 is 12.7 Å². The van der Waals surface area contributed by atoms with Crippen molar-refractivity contribution in [2.75, 3.05) is 19.6 Å². The third-order valence-electron chi connectivity index (χ3n) is 3.20. The van der Waals surface area contributed by atoms with Gasteiger partial charge in [-0.05, 0) is 11.5 Å². The Morgan fingerprint density at radius 2 is 1.95 bits per heavy atom. The monoisotopic (exact) mass is 335 g/mol. The second-order valence-corrected chi connectivity index (χ2v) is 7.98. The fraction of sp³-hybridized carbons (Fsp3) is 0.600. The largest absolute Gasteiger partial charge is 0.401 e. The van der Waals surface area contributed by atoms with Gasteiger partial charge in [-0.1, -0.05) is 44.2 Å². The number of hydrogen-bond donors (Lipinski definition) is 0. The number of hydrogen-bond acceptors (Lipinski definition) is 2. The maximum absolute atomic E-state index is 12.2. The predicted molar refractivity (Wildman–Crippen MR) is 80.9 cm³/mol. The van der Waals surface area contributed by atoms with Crippen LogP contribution in [-0.2, 0) is 5.41 Å². The molecule has 0 aromatic carbocycles. The summed E-state index contributed by atoms with van der Waals surface area (Å²) in [6.45, 7) is 6.22. The van der Waals surface area contributed by atoms with E-state index in [-0.39, 0.29) is 11.3 Å². The Bertz CT molecular complexity index is 568. The van der Waals surface area contributed by atoms with Crippen molar-refractivity contribution in [2.24, 2.45) is 5.92 Å². The van der Waals surface area contributed by atoms with E-state index in [1.807, 2.05) is 6.07 Å². The van der Waals surface area contributed by atoms with Crippen LogP contribution in [0.1, 0.15) is 31.2 Å². The van der Waals surface area contributed by atoms with Crippen LogP contribution in [0.4, 0.5) is 13.2 Å². The highest BCUT2D eigenvalue weighted by Crippen LogP contribution is 2.35. The molecule has 0 N–H and O–H groups in total. The molecule has 0 bridgehead atoms. The van der Waals surface area contributed by atoms with E-state index in [0.717, 1.165) is 10.4 Å². The molecule has 0 saturated carbocycles. The Kier molecular flexibility index (Phi) is 4.63. The van der Waals surface area contributed by atoms with E-state index in [2.05, 4.69) is 32.6 Å². The highest BCUT2D eigenvalue weighted by Gasteiger charge is 2.36. The molecule has 1 saturated heterocycles. The maximum atomic E-state index is 12.2. The number of alkyl halides is 3. The summed E-state index contributed by atoms with van der Waals surface area (Å²) in [7, 11) is 0. The molecule has 21 heavy (non-hydrogen) atoms. The molecule has 2 rings (SSSR count). The fourth-order valence-corrected chi connectivity index (χ4v) is 3.29. The standard InChI is InChI=1S/C15H17ClF3NS/c1-14(2,3)12-6-11(13(16)21-12)5-4-10-7-20(8-10)9-15(17,18)19/h6,10H,7-9H2,1-3H3. The van der Waals surface area contributed by atoms with Crippen LogP contribution in [-0.4, -0.2) is 30.7 Å². The number of thiophene rings is 1. The van der Waals surface area contributed by atoms with Crippen molar-refractivity contribution in [3.05, 3.63) is 20.8 Å². The van der Waals surface area contributed by atoms with Gasteiger partial charge in [0.2, 0.25) is 0 Å². The smallest absolute Gasteiger partial charge is 0.292 e. The zero-order chi connectivity index (χ0) is 15.8. The van der Waals surface area contributed by atoms with Crippen molar-refractivity contribution in [1.82, 2.24) is 4.90 Å². The molecule has 0 spiro atoms. The molecule has 0 radical (unpaired) electrons. The summed E-state index contributed by atoms with van der Waals surface area (Å²) in [5, 5.41) is 0. The second-order valence-electron chi connectivity index (χ2n) is 6.32. The molecule has 1 aromatic heterocycles. The SMILES string of the molecule is CC(C)(C)c1cc(C#CC2CN(CC(F)(F)F)C2)c(Cl)s1. The van der Waals surface area contributed by atoms with Crippen LogP contribution in [0.3, 0.4) is 0 Å². The van der Waals surface area contributed by atoms with Crippen LogP contribution in [0.25, 0.3) is 0 Å². The Morgan fingerprint density at radius 3 is 2.43 bits per heavy atom. The molecule has 1 aliphatic rings. The van der Waals surface area contributed by atoms with E-state index in [4.69, 9.17) is 11.6 Å². The maximum Gasteiger partial charge on any atom is 0.401 e. The number of halogens is 4. The molecular weight excluding hydrogens is 319 g/mol. The van der Waals surface area contributed by atoms with E-state index in [1.165, 1.54) is 16.2 Å². The van der Waals surface area contributed by atoms with Crippen molar-refractivity contribution < 1.29 is 13.2 Å². The fourth-order valence-electron chi connectivity index (χ4n) is 2.05. The summed E-state index contributed by atoms with van der Waals surface area (Å²) in [5.74, 6) is 6.03. The van der Waals surface area contributed by atoms with E-state index >= 15 is 0 Å². The van der Waals surface area contributed by atoms with Crippen LogP contribution in [0.2, 0.25) is 4.34 Å². The van der Waals surface area contributed by atoms with Gasteiger partial charge in [-0.3, -0.25) is 4.90 Å². The number of nitrogens with zero attached hydrogens (tertiary/aromatic N) is 1. The average Bonchev–Trinajstić information content (AvgIpc) is 2.61. The van der Waals surface area contributed by atoms with Gasteiger partial charge in [-0.2, -0.15) is 13.2 Å². The van der Waals surface area contributed by atoms with Gasteiger partial charge in [-0.15, -0.1) is 11.3 Å². The summed E-state index contributed by atoms with van der Waals surface area (Å²) in [5.41, 5.74) is 0.801. The first-order valence-electron chi connectivity index (χ1n) is 6.65. The molecule has 1 aliphatic heterocycles. The van der Waals surface area contributed by atoms with Gasteiger partial charge in [-0.25, -0.2) is 0 Å². The van der Waals surface area contributed by atoms with E-state index in [0.29, 0.717) is 17.4 Å². The Morgan fingerprint density at radius 1 is 1.33 bits per heavy atom. The lowest BCUT2D eigenvalue weighted by atomic mass is 9.94.